The first-order valence-corrected chi connectivity index (χ1v) is 7.81. The molecule has 0 aliphatic heterocycles. The van der Waals surface area contributed by atoms with Gasteiger partial charge in [-0.3, -0.25) is 0 Å². The molecule has 1 aromatic heterocycles. The lowest BCUT2D eigenvalue weighted by molar-refractivity contribution is 0.551. The molecule has 2 rings (SSSR count). The summed E-state index contributed by atoms with van der Waals surface area (Å²) in [6.07, 6.45) is 1.78. The molecule has 0 spiro atoms. The molecule has 2 aromatic rings. The minimum Gasteiger partial charge on any atom is -0.381 e. The standard InChI is InChI=1S/C13H17FN4O2S/c1-9(7-10-3-5-11(14)6-4-10)17-21(19,20)13-12(15)16-8-18(13)2/h3-6,8-9,17H,7,15H2,1-2H3. The number of nitrogens with zero attached hydrogens (tertiary/aromatic N) is 2. The van der Waals surface area contributed by atoms with Crippen molar-refractivity contribution < 1.29 is 12.8 Å². The zero-order valence-corrected chi connectivity index (χ0v) is 12.6. The van der Waals surface area contributed by atoms with Crippen molar-refractivity contribution in [3.8, 4) is 0 Å². The molecule has 114 valence electrons. The number of anilines is 1. The molecule has 1 heterocycles. The van der Waals surface area contributed by atoms with Crippen molar-refractivity contribution >= 4 is 15.8 Å². The molecular weight excluding hydrogens is 295 g/mol. The van der Waals surface area contributed by atoms with Crippen LogP contribution in [-0.4, -0.2) is 24.0 Å². The van der Waals surface area contributed by atoms with Gasteiger partial charge in [-0.05, 0) is 31.0 Å². The van der Waals surface area contributed by atoms with Crippen LogP contribution in [0.1, 0.15) is 12.5 Å². The summed E-state index contributed by atoms with van der Waals surface area (Å²) in [5, 5.41) is -0.0616. The van der Waals surface area contributed by atoms with Gasteiger partial charge in [-0.15, -0.1) is 0 Å². The molecule has 0 aliphatic rings. The van der Waals surface area contributed by atoms with Gasteiger partial charge in [0.15, 0.2) is 10.8 Å². The fraction of sp³-hybridized carbons (Fsp3) is 0.308. The van der Waals surface area contributed by atoms with Crippen molar-refractivity contribution in [1.29, 1.82) is 0 Å². The molecule has 1 unspecified atom stereocenters. The smallest absolute Gasteiger partial charge is 0.260 e. The van der Waals surface area contributed by atoms with Crippen LogP contribution in [-0.2, 0) is 23.5 Å². The second-order valence-electron chi connectivity index (χ2n) is 4.90. The molecule has 6 nitrogen and oxygen atoms in total. The zero-order chi connectivity index (χ0) is 15.6. The largest absolute Gasteiger partial charge is 0.381 e. The maximum absolute atomic E-state index is 12.8. The molecular formula is C13H17FN4O2S. The molecule has 0 fully saturated rings. The van der Waals surface area contributed by atoms with Gasteiger partial charge >= 0.3 is 0 Å². The number of imidazole rings is 1. The van der Waals surface area contributed by atoms with Gasteiger partial charge < -0.3 is 10.3 Å². The summed E-state index contributed by atoms with van der Waals surface area (Å²) in [5.74, 6) is -0.367. The summed E-state index contributed by atoms with van der Waals surface area (Å²) in [5.41, 5.74) is 6.42. The first-order chi connectivity index (χ1) is 9.79. The van der Waals surface area contributed by atoms with Gasteiger partial charge in [0.25, 0.3) is 10.0 Å². The molecule has 0 amide bonds. The molecule has 21 heavy (non-hydrogen) atoms. The van der Waals surface area contributed by atoms with Crippen LogP contribution in [0.2, 0.25) is 0 Å². The van der Waals surface area contributed by atoms with E-state index in [1.165, 1.54) is 23.0 Å². The maximum Gasteiger partial charge on any atom is 0.260 e. The lowest BCUT2D eigenvalue weighted by Crippen LogP contribution is -2.35. The predicted molar refractivity (Wildman–Crippen MR) is 77.5 cm³/mol. The number of benzene rings is 1. The highest BCUT2D eigenvalue weighted by atomic mass is 32.2. The van der Waals surface area contributed by atoms with E-state index in [0.29, 0.717) is 6.42 Å². The monoisotopic (exact) mass is 312 g/mol. The van der Waals surface area contributed by atoms with Crippen LogP contribution in [0.5, 0.6) is 0 Å². The summed E-state index contributed by atoms with van der Waals surface area (Å²) < 4.78 is 41.3. The Labute approximate surface area is 122 Å². The van der Waals surface area contributed by atoms with Crippen molar-refractivity contribution in [2.45, 2.75) is 24.4 Å². The number of nitrogen functional groups attached to an aromatic ring is 1. The Balaban J connectivity index is 2.11. The van der Waals surface area contributed by atoms with E-state index in [9.17, 15) is 12.8 Å². The minimum atomic E-state index is -3.75. The Bertz CT molecular complexity index is 706. The number of halogens is 1. The summed E-state index contributed by atoms with van der Waals surface area (Å²) in [7, 11) is -2.20. The Hall–Kier alpha value is -1.93. The molecule has 1 aromatic carbocycles. The van der Waals surface area contributed by atoms with Crippen LogP contribution in [0.4, 0.5) is 10.2 Å². The lowest BCUT2D eigenvalue weighted by Gasteiger charge is -2.14. The predicted octanol–water partition coefficient (Wildman–Crippen LogP) is 1.05. The summed E-state index contributed by atoms with van der Waals surface area (Å²) >= 11 is 0. The lowest BCUT2D eigenvalue weighted by atomic mass is 10.1. The number of rotatable bonds is 5. The Morgan fingerprint density at radius 1 is 1.38 bits per heavy atom. The second-order valence-corrected chi connectivity index (χ2v) is 6.53. The fourth-order valence-corrected chi connectivity index (χ4v) is 3.58. The second kappa shape index (κ2) is 5.82. The fourth-order valence-electron chi connectivity index (χ4n) is 2.10. The minimum absolute atomic E-state index is 0.0426. The first-order valence-electron chi connectivity index (χ1n) is 6.33. The normalized spacial score (nSPS) is 13.3. The number of nitrogens with one attached hydrogen (secondary N) is 1. The molecule has 3 N–H and O–H groups in total. The quantitative estimate of drug-likeness (QED) is 0.863. The van der Waals surface area contributed by atoms with E-state index in [4.69, 9.17) is 5.73 Å². The van der Waals surface area contributed by atoms with Crippen LogP contribution in [0, 0.1) is 5.82 Å². The van der Waals surface area contributed by atoms with E-state index < -0.39 is 10.0 Å². The van der Waals surface area contributed by atoms with E-state index in [1.807, 2.05) is 0 Å². The SMILES string of the molecule is CC(Cc1ccc(F)cc1)NS(=O)(=O)c1c(N)ncn1C. The molecule has 0 bridgehead atoms. The number of sulfonamides is 1. The van der Waals surface area contributed by atoms with Gasteiger partial charge in [-0.2, -0.15) is 0 Å². The van der Waals surface area contributed by atoms with E-state index >= 15 is 0 Å². The van der Waals surface area contributed by atoms with Crippen molar-refractivity contribution in [2.75, 3.05) is 5.73 Å². The highest BCUT2D eigenvalue weighted by Crippen LogP contribution is 2.16. The third kappa shape index (κ3) is 3.59. The van der Waals surface area contributed by atoms with Gasteiger partial charge in [-0.25, -0.2) is 22.5 Å². The Morgan fingerprint density at radius 2 is 2.00 bits per heavy atom. The summed E-state index contributed by atoms with van der Waals surface area (Å²) in [4.78, 5) is 3.76. The maximum atomic E-state index is 12.8. The summed E-state index contributed by atoms with van der Waals surface area (Å²) in [6.45, 7) is 1.73. The van der Waals surface area contributed by atoms with Crippen LogP contribution >= 0.6 is 0 Å². The summed E-state index contributed by atoms with van der Waals surface area (Å²) in [6, 6.07) is 5.57. The Morgan fingerprint density at radius 3 is 2.52 bits per heavy atom. The van der Waals surface area contributed by atoms with Crippen molar-refractivity contribution in [2.24, 2.45) is 7.05 Å². The molecule has 0 saturated heterocycles. The molecule has 8 heteroatoms. The molecule has 0 radical (unpaired) electrons. The number of hydrogen-bond acceptors (Lipinski definition) is 4. The van der Waals surface area contributed by atoms with Crippen molar-refractivity contribution in [1.82, 2.24) is 14.3 Å². The van der Waals surface area contributed by atoms with E-state index in [1.54, 1.807) is 26.1 Å². The highest BCUT2D eigenvalue weighted by Gasteiger charge is 2.24. The number of aryl methyl sites for hydroxylation is 1. The molecule has 0 aliphatic carbocycles. The molecule has 0 saturated carbocycles. The highest BCUT2D eigenvalue weighted by molar-refractivity contribution is 7.89. The third-order valence-electron chi connectivity index (χ3n) is 2.98. The van der Waals surface area contributed by atoms with Gasteiger partial charge in [0, 0.05) is 13.1 Å². The zero-order valence-electron chi connectivity index (χ0n) is 11.7. The van der Waals surface area contributed by atoms with Gasteiger partial charge in [0.05, 0.1) is 6.33 Å². The van der Waals surface area contributed by atoms with Crippen molar-refractivity contribution in [3.63, 3.8) is 0 Å². The van der Waals surface area contributed by atoms with Gasteiger partial charge in [-0.1, -0.05) is 12.1 Å². The van der Waals surface area contributed by atoms with E-state index in [2.05, 4.69) is 9.71 Å². The first kappa shape index (κ1) is 15.5. The Kier molecular flexibility index (Phi) is 4.29. The van der Waals surface area contributed by atoms with Crippen LogP contribution in [0.3, 0.4) is 0 Å². The van der Waals surface area contributed by atoms with Crippen molar-refractivity contribution in [3.05, 3.63) is 42.0 Å². The van der Waals surface area contributed by atoms with Crippen LogP contribution in [0.15, 0.2) is 35.6 Å². The van der Waals surface area contributed by atoms with Crippen LogP contribution < -0.4 is 10.5 Å². The average Bonchev–Trinajstić information content (AvgIpc) is 2.71. The number of hydrogen-bond donors (Lipinski definition) is 2. The number of nitrogens with two attached hydrogens (primary N) is 1. The van der Waals surface area contributed by atoms with E-state index in [-0.39, 0.29) is 22.7 Å². The molecule has 1 atom stereocenters. The third-order valence-corrected chi connectivity index (χ3v) is 4.69. The van der Waals surface area contributed by atoms with Gasteiger partial charge in [0.2, 0.25) is 0 Å². The van der Waals surface area contributed by atoms with Gasteiger partial charge in [0.1, 0.15) is 5.82 Å². The average molecular weight is 312 g/mol. The van der Waals surface area contributed by atoms with Crippen LogP contribution in [0.25, 0.3) is 0 Å². The number of aromatic nitrogens is 2. The topological polar surface area (TPSA) is 90.0 Å². The van der Waals surface area contributed by atoms with E-state index in [0.717, 1.165) is 5.56 Å².